The van der Waals surface area contributed by atoms with Crippen LogP contribution < -0.4 is 0 Å². The Morgan fingerprint density at radius 2 is 1.78 bits per heavy atom. The first-order valence-electron chi connectivity index (χ1n) is 7.19. The van der Waals surface area contributed by atoms with Gasteiger partial charge in [0.2, 0.25) is 0 Å². The fourth-order valence-corrected chi connectivity index (χ4v) is 4.72. The lowest BCUT2D eigenvalue weighted by atomic mass is 9.58. The minimum absolute atomic E-state index is 0.0974. The zero-order chi connectivity index (χ0) is 13.8. The lowest BCUT2D eigenvalue weighted by Gasteiger charge is -2.51. The zero-order valence-corrected chi connectivity index (χ0v) is 12.1. The molecule has 3 nitrogen and oxygen atoms in total. The molecule has 0 radical (unpaired) electrons. The minimum Gasteiger partial charge on any atom is -0.393 e. The van der Waals surface area contributed by atoms with Gasteiger partial charge in [-0.15, -0.1) is 0 Å². The van der Waals surface area contributed by atoms with Crippen molar-refractivity contribution < 1.29 is 15.3 Å². The van der Waals surface area contributed by atoms with E-state index in [1.807, 2.05) is 20.8 Å². The van der Waals surface area contributed by atoms with Crippen LogP contribution in [0.15, 0.2) is 0 Å². The largest absolute Gasteiger partial charge is 0.393 e. The van der Waals surface area contributed by atoms with Gasteiger partial charge in [-0.3, -0.25) is 0 Å². The Balaban J connectivity index is 2.27. The molecule has 106 valence electrons. The third-order valence-corrected chi connectivity index (χ3v) is 5.35. The van der Waals surface area contributed by atoms with Crippen molar-refractivity contribution in [1.82, 2.24) is 0 Å². The molecule has 0 saturated heterocycles. The number of aliphatic hydroxyl groups excluding tert-OH is 1. The molecule has 2 saturated carbocycles. The predicted octanol–water partition coefficient (Wildman–Crippen LogP) is 2.09. The monoisotopic (exact) mass is 256 g/mol. The highest BCUT2D eigenvalue weighted by molar-refractivity contribution is 5.09. The van der Waals surface area contributed by atoms with Gasteiger partial charge >= 0.3 is 0 Å². The lowest BCUT2D eigenvalue weighted by Crippen LogP contribution is -2.54. The van der Waals surface area contributed by atoms with E-state index < -0.39 is 11.2 Å². The summed E-state index contributed by atoms with van der Waals surface area (Å²) in [6.07, 6.45) is 3.70. The molecule has 0 aromatic heterocycles. The Bertz CT molecular complexity index is 318. The molecule has 18 heavy (non-hydrogen) atoms. The van der Waals surface area contributed by atoms with E-state index in [0.717, 1.165) is 12.8 Å². The highest BCUT2D eigenvalue weighted by Crippen LogP contribution is 2.59. The fourth-order valence-electron chi connectivity index (χ4n) is 4.72. The standard InChI is InChI=1S/C15H28O3/c1-13(2,17)9-10-5-7-14(3)11(16)6-8-15(4,18)12(10)14/h10-12,16-18H,5-9H2,1-4H3/t10-,11-,12?,14+,15+/m1/s1. The van der Waals surface area contributed by atoms with E-state index in [-0.39, 0.29) is 17.4 Å². The van der Waals surface area contributed by atoms with E-state index in [2.05, 4.69) is 6.92 Å². The van der Waals surface area contributed by atoms with Crippen LogP contribution in [-0.2, 0) is 0 Å². The van der Waals surface area contributed by atoms with E-state index in [9.17, 15) is 15.3 Å². The normalized spacial score (nSPS) is 49.2. The Hall–Kier alpha value is -0.120. The maximum atomic E-state index is 10.7. The predicted molar refractivity (Wildman–Crippen MR) is 71.1 cm³/mol. The molecule has 0 heterocycles. The van der Waals surface area contributed by atoms with Crippen LogP contribution in [0.1, 0.15) is 59.8 Å². The molecule has 2 fully saturated rings. The summed E-state index contributed by atoms with van der Waals surface area (Å²) >= 11 is 0. The topological polar surface area (TPSA) is 60.7 Å². The first kappa shape index (κ1) is 14.3. The number of aliphatic hydroxyl groups is 3. The van der Waals surface area contributed by atoms with Crippen molar-refractivity contribution in [1.29, 1.82) is 0 Å². The van der Waals surface area contributed by atoms with E-state index in [1.54, 1.807) is 0 Å². The molecule has 0 amide bonds. The van der Waals surface area contributed by atoms with Crippen molar-refractivity contribution in [3.63, 3.8) is 0 Å². The van der Waals surface area contributed by atoms with Crippen molar-refractivity contribution in [2.45, 2.75) is 77.1 Å². The molecule has 1 unspecified atom stereocenters. The second-order valence-corrected chi connectivity index (χ2v) is 7.71. The molecule has 0 aliphatic heterocycles. The second-order valence-electron chi connectivity index (χ2n) is 7.71. The number of hydrogen-bond acceptors (Lipinski definition) is 3. The minimum atomic E-state index is -0.708. The highest BCUT2D eigenvalue weighted by Gasteiger charge is 2.59. The smallest absolute Gasteiger partial charge is 0.0657 e. The lowest BCUT2D eigenvalue weighted by molar-refractivity contribution is -0.152. The van der Waals surface area contributed by atoms with Gasteiger partial charge in [0.15, 0.2) is 0 Å². The second kappa shape index (κ2) is 4.19. The van der Waals surface area contributed by atoms with Crippen molar-refractivity contribution in [2.24, 2.45) is 17.3 Å². The van der Waals surface area contributed by atoms with Crippen LogP contribution in [0.4, 0.5) is 0 Å². The van der Waals surface area contributed by atoms with Gasteiger partial charge in [-0.05, 0) is 70.1 Å². The summed E-state index contributed by atoms with van der Waals surface area (Å²) in [7, 11) is 0. The van der Waals surface area contributed by atoms with Crippen LogP contribution in [0.5, 0.6) is 0 Å². The van der Waals surface area contributed by atoms with E-state index in [1.165, 1.54) is 0 Å². The molecule has 3 N–H and O–H groups in total. The van der Waals surface area contributed by atoms with Gasteiger partial charge in [0.05, 0.1) is 17.3 Å². The molecule has 0 aromatic rings. The van der Waals surface area contributed by atoms with Gasteiger partial charge in [-0.25, -0.2) is 0 Å². The molecule has 0 spiro atoms. The van der Waals surface area contributed by atoms with Crippen LogP contribution in [0.2, 0.25) is 0 Å². The first-order valence-corrected chi connectivity index (χ1v) is 7.19. The Labute approximate surface area is 110 Å². The average molecular weight is 256 g/mol. The molecule has 0 bridgehead atoms. The van der Waals surface area contributed by atoms with Crippen LogP contribution in [0.3, 0.4) is 0 Å². The molecule has 5 atom stereocenters. The van der Waals surface area contributed by atoms with E-state index in [0.29, 0.717) is 25.2 Å². The van der Waals surface area contributed by atoms with Crippen molar-refractivity contribution in [2.75, 3.05) is 0 Å². The number of fused-ring (bicyclic) bond motifs is 1. The SMILES string of the molecule is CC(C)(O)C[C@H]1CC[C@]2(C)C1[C@@](C)(O)CC[C@H]2O. The molecule has 0 aromatic carbocycles. The van der Waals surface area contributed by atoms with E-state index in [4.69, 9.17) is 0 Å². The molecular weight excluding hydrogens is 228 g/mol. The summed E-state index contributed by atoms with van der Waals surface area (Å²) in [6.45, 7) is 7.68. The molecule has 2 aliphatic carbocycles. The van der Waals surface area contributed by atoms with Crippen molar-refractivity contribution in [3.05, 3.63) is 0 Å². The van der Waals surface area contributed by atoms with Crippen LogP contribution in [-0.4, -0.2) is 32.6 Å². The van der Waals surface area contributed by atoms with Crippen LogP contribution in [0, 0.1) is 17.3 Å². The van der Waals surface area contributed by atoms with Crippen molar-refractivity contribution in [3.8, 4) is 0 Å². The number of hydrogen-bond donors (Lipinski definition) is 3. The third kappa shape index (κ3) is 2.33. The maximum absolute atomic E-state index is 10.7. The summed E-state index contributed by atoms with van der Waals surface area (Å²) in [5, 5.41) is 31.1. The number of rotatable bonds is 2. The molecular formula is C15H28O3. The fraction of sp³-hybridized carbons (Fsp3) is 1.00. The Morgan fingerprint density at radius 1 is 1.17 bits per heavy atom. The van der Waals surface area contributed by atoms with Gasteiger partial charge in [-0.1, -0.05) is 6.92 Å². The summed E-state index contributed by atoms with van der Waals surface area (Å²) < 4.78 is 0. The van der Waals surface area contributed by atoms with Gasteiger partial charge in [-0.2, -0.15) is 0 Å². The summed E-state index contributed by atoms with van der Waals surface area (Å²) in [6, 6.07) is 0. The molecule has 2 rings (SSSR count). The summed E-state index contributed by atoms with van der Waals surface area (Å²) in [5.74, 6) is 0.403. The molecule has 2 aliphatic rings. The van der Waals surface area contributed by atoms with Crippen LogP contribution in [0.25, 0.3) is 0 Å². The quantitative estimate of drug-likeness (QED) is 0.709. The van der Waals surface area contributed by atoms with E-state index >= 15 is 0 Å². The van der Waals surface area contributed by atoms with Crippen LogP contribution >= 0.6 is 0 Å². The highest BCUT2D eigenvalue weighted by atomic mass is 16.3. The summed E-state index contributed by atoms with van der Waals surface area (Å²) in [5.41, 5.74) is -1.59. The first-order chi connectivity index (χ1) is 8.06. The van der Waals surface area contributed by atoms with Gasteiger partial charge in [0.1, 0.15) is 0 Å². The van der Waals surface area contributed by atoms with Gasteiger partial charge in [0, 0.05) is 0 Å². The van der Waals surface area contributed by atoms with Gasteiger partial charge in [0.25, 0.3) is 0 Å². The summed E-state index contributed by atoms with van der Waals surface area (Å²) in [4.78, 5) is 0. The Kier molecular flexibility index (Phi) is 3.33. The zero-order valence-electron chi connectivity index (χ0n) is 12.1. The molecule has 3 heteroatoms. The van der Waals surface area contributed by atoms with Crippen molar-refractivity contribution >= 4 is 0 Å². The maximum Gasteiger partial charge on any atom is 0.0657 e. The Morgan fingerprint density at radius 3 is 2.33 bits per heavy atom. The van der Waals surface area contributed by atoms with Gasteiger partial charge < -0.3 is 15.3 Å². The average Bonchev–Trinajstić information content (AvgIpc) is 2.51. The third-order valence-electron chi connectivity index (χ3n) is 5.35.